The minimum absolute atomic E-state index is 0. The Kier molecular flexibility index (Phi) is 10.5. The van der Waals surface area contributed by atoms with Crippen LogP contribution in [0.1, 0.15) is 55.4 Å². The van der Waals surface area contributed by atoms with Crippen LogP contribution in [0.25, 0.3) is 0 Å². The fourth-order valence-electron chi connectivity index (χ4n) is 3.76. The Morgan fingerprint density at radius 1 is 1.17 bits per heavy atom. The van der Waals surface area contributed by atoms with Crippen LogP contribution in [-0.2, 0) is 25.8 Å². The van der Waals surface area contributed by atoms with E-state index in [0.717, 1.165) is 80.6 Å². The van der Waals surface area contributed by atoms with Crippen LogP contribution in [0.5, 0.6) is 0 Å². The fraction of sp³-hybridized carbons (Fsp3) is 0.591. The van der Waals surface area contributed by atoms with E-state index >= 15 is 0 Å². The van der Waals surface area contributed by atoms with Crippen LogP contribution in [0.4, 0.5) is 4.39 Å². The minimum Gasteiger partial charge on any atom is -0.357 e. The molecule has 6 nitrogen and oxygen atoms in total. The van der Waals surface area contributed by atoms with Gasteiger partial charge in [-0.15, -0.1) is 34.2 Å². The molecular formula is C22H34FIN6. The van der Waals surface area contributed by atoms with E-state index in [9.17, 15) is 4.39 Å². The van der Waals surface area contributed by atoms with E-state index in [1.54, 1.807) is 6.07 Å². The molecule has 1 aliphatic rings. The summed E-state index contributed by atoms with van der Waals surface area (Å²) in [6.45, 7) is 7.38. The first kappa shape index (κ1) is 24.6. The largest absolute Gasteiger partial charge is 0.357 e. The number of nitrogens with zero attached hydrogens (tertiary/aromatic N) is 4. The summed E-state index contributed by atoms with van der Waals surface area (Å²) in [5.74, 6) is 2.89. The van der Waals surface area contributed by atoms with E-state index in [0.29, 0.717) is 0 Å². The van der Waals surface area contributed by atoms with Gasteiger partial charge < -0.3 is 15.2 Å². The molecule has 0 spiro atoms. The Morgan fingerprint density at radius 3 is 2.83 bits per heavy atom. The molecule has 1 aliphatic heterocycles. The van der Waals surface area contributed by atoms with Gasteiger partial charge in [-0.25, -0.2) is 4.39 Å². The van der Waals surface area contributed by atoms with Crippen molar-refractivity contribution in [1.82, 2.24) is 25.4 Å². The van der Waals surface area contributed by atoms with Gasteiger partial charge in [0.2, 0.25) is 0 Å². The van der Waals surface area contributed by atoms with Crippen molar-refractivity contribution in [3.8, 4) is 0 Å². The molecule has 0 bridgehead atoms. The van der Waals surface area contributed by atoms with Crippen molar-refractivity contribution in [3.05, 3.63) is 46.8 Å². The Morgan fingerprint density at radius 2 is 2.03 bits per heavy atom. The smallest absolute Gasteiger partial charge is 0.191 e. The molecule has 3 rings (SSSR count). The van der Waals surface area contributed by atoms with Crippen LogP contribution in [0.2, 0.25) is 0 Å². The van der Waals surface area contributed by atoms with Crippen molar-refractivity contribution >= 4 is 29.9 Å². The highest BCUT2D eigenvalue weighted by molar-refractivity contribution is 14.0. The van der Waals surface area contributed by atoms with Gasteiger partial charge in [-0.1, -0.05) is 12.5 Å². The number of rotatable bonds is 8. The van der Waals surface area contributed by atoms with E-state index in [4.69, 9.17) is 0 Å². The zero-order valence-corrected chi connectivity index (χ0v) is 20.4. The zero-order chi connectivity index (χ0) is 20.5. The summed E-state index contributed by atoms with van der Waals surface area (Å²) in [5.41, 5.74) is 2.14. The molecule has 0 saturated heterocycles. The number of hydrogen-bond donors (Lipinski definition) is 2. The highest BCUT2D eigenvalue weighted by Crippen LogP contribution is 2.15. The number of hydrogen-bond acceptors (Lipinski definition) is 3. The Balaban J connectivity index is 0.00000320. The Bertz CT molecular complexity index is 820. The zero-order valence-electron chi connectivity index (χ0n) is 18.1. The number of fused-ring (bicyclic) bond motifs is 1. The van der Waals surface area contributed by atoms with Gasteiger partial charge in [0.05, 0.1) is 0 Å². The number of benzene rings is 1. The first-order chi connectivity index (χ1) is 14.2. The summed E-state index contributed by atoms with van der Waals surface area (Å²) in [6, 6.07) is 4.96. The molecule has 0 unspecified atom stereocenters. The first-order valence-corrected chi connectivity index (χ1v) is 10.9. The average Bonchev–Trinajstić information content (AvgIpc) is 2.93. The number of halogens is 2. The molecule has 166 valence electrons. The molecule has 1 aromatic heterocycles. The number of aliphatic imine (C=N–C) groups is 1. The van der Waals surface area contributed by atoms with Crippen LogP contribution in [0, 0.1) is 12.7 Å². The maximum Gasteiger partial charge on any atom is 0.191 e. The second kappa shape index (κ2) is 12.9. The number of guanidine groups is 1. The molecule has 30 heavy (non-hydrogen) atoms. The predicted octanol–water partition coefficient (Wildman–Crippen LogP) is 3.80. The molecule has 2 heterocycles. The lowest BCUT2D eigenvalue weighted by Crippen LogP contribution is -2.38. The standard InChI is InChI=1S/C22H33FN6.HI/c1-3-24-22(26-14-12-18-10-11-19(23)16-17(18)2)25-13-7-9-21-28-27-20-8-5-4-6-15-29(20)21;/h10-11,16H,3-9,12-15H2,1-2H3,(H2,24,25,26);1H. The third kappa shape index (κ3) is 7.21. The Hall–Kier alpha value is -1.71. The van der Waals surface area contributed by atoms with Crippen LogP contribution in [0.3, 0.4) is 0 Å². The van der Waals surface area contributed by atoms with Crippen LogP contribution in [0.15, 0.2) is 23.2 Å². The normalized spacial score (nSPS) is 13.9. The van der Waals surface area contributed by atoms with Gasteiger partial charge in [-0.3, -0.25) is 4.99 Å². The molecule has 2 N–H and O–H groups in total. The van der Waals surface area contributed by atoms with Gasteiger partial charge in [0.1, 0.15) is 17.5 Å². The predicted molar refractivity (Wildman–Crippen MR) is 130 cm³/mol. The fourth-order valence-corrected chi connectivity index (χ4v) is 3.76. The molecule has 2 aromatic rings. The molecule has 0 saturated carbocycles. The van der Waals surface area contributed by atoms with Gasteiger partial charge in [-0.2, -0.15) is 0 Å². The van der Waals surface area contributed by atoms with Crippen LogP contribution < -0.4 is 10.6 Å². The summed E-state index contributed by atoms with van der Waals surface area (Å²) < 4.78 is 15.5. The van der Waals surface area contributed by atoms with Crippen molar-refractivity contribution in [1.29, 1.82) is 0 Å². The quantitative estimate of drug-likeness (QED) is 0.237. The first-order valence-electron chi connectivity index (χ1n) is 10.9. The van der Waals surface area contributed by atoms with Gasteiger partial charge in [-0.05, 0) is 62.8 Å². The molecule has 0 radical (unpaired) electrons. The van der Waals surface area contributed by atoms with Gasteiger partial charge >= 0.3 is 0 Å². The van der Waals surface area contributed by atoms with E-state index in [1.165, 1.54) is 25.3 Å². The maximum absolute atomic E-state index is 13.2. The topological polar surface area (TPSA) is 67.1 Å². The molecule has 0 amide bonds. The lowest BCUT2D eigenvalue weighted by molar-refractivity contribution is 0.597. The van der Waals surface area contributed by atoms with Crippen molar-refractivity contribution in [3.63, 3.8) is 0 Å². The SMILES string of the molecule is CCNC(=NCCCc1nnc2n1CCCCC2)NCCc1ccc(F)cc1C.I. The lowest BCUT2D eigenvalue weighted by atomic mass is 10.1. The average molecular weight is 528 g/mol. The van der Waals surface area contributed by atoms with E-state index < -0.39 is 0 Å². The van der Waals surface area contributed by atoms with Gasteiger partial charge in [0.15, 0.2) is 5.96 Å². The van der Waals surface area contributed by atoms with Crippen molar-refractivity contribution in [2.24, 2.45) is 4.99 Å². The van der Waals surface area contributed by atoms with Crippen LogP contribution in [-0.4, -0.2) is 40.4 Å². The number of aryl methyl sites for hydroxylation is 3. The van der Waals surface area contributed by atoms with Gasteiger partial charge in [0.25, 0.3) is 0 Å². The molecule has 1 aromatic carbocycles. The highest BCUT2D eigenvalue weighted by atomic mass is 127. The number of nitrogens with one attached hydrogen (secondary N) is 2. The van der Waals surface area contributed by atoms with Crippen molar-refractivity contribution in [2.75, 3.05) is 19.6 Å². The summed E-state index contributed by atoms with van der Waals surface area (Å²) in [7, 11) is 0. The molecular weight excluding hydrogens is 494 g/mol. The van der Waals surface area contributed by atoms with Crippen LogP contribution >= 0.6 is 24.0 Å². The molecule has 0 aliphatic carbocycles. The van der Waals surface area contributed by atoms with Gasteiger partial charge in [0, 0.05) is 39.0 Å². The van der Waals surface area contributed by atoms with E-state index in [-0.39, 0.29) is 29.8 Å². The number of aromatic nitrogens is 3. The second-order valence-corrected chi connectivity index (χ2v) is 7.61. The molecule has 0 atom stereocenters. The van der Waals surface area contributed by atoms with E-state index in [1.807, 2.05) is 13.0 Å². The summed E-state index contributed by atoms with van der Waals surface area (Å²) in [4.78, 5) is 4.69. The maximum atomic E-state index is 13.2. The van der Waals surface area contributed by atoms with Crippen molar-refractivity contribution in [2.45, 2.75) is 65.3 Å². The monoisotopic (exact) mass is 528 g/mol. The summed E-state index contributed by atoms with van der Waals surface area (Å²) in [5, 5.41) is 15.4. The third-order valence-electron chi connectivity index (χ3n) is 5.35. The summed E-state index contributed by atoms with van der Waals surface area (Å²) >= 11 is 0. The van der Waals surface area contributed by atoms with E-state index in [2.05, 4.69) is 37.3 Å². The third-order valence-corrected chi connectivity index (χ3v) is 5.35. The summed E-state index contributed by atoms with van der Waals surface area (Å²) in [6.07, 6.45) is 7.46. The second-order valence-electron chi connectivity index (χ2n) is 7.61. The lowest BCUT2D eigenvalue weighted by Gasteiger charge is -2.12. The molecule has 0 fully saturated rings. The van der Waals surface area contributed by atoms with Crippen molar-refractivity contribution < 1.29 is 4.39 Å². The Labute approximate surface area is 196 Å². The molecule has 8 heteroatoms. The highest BCUT2D eigenvalue weighted by Gasteiger charge is 2.14. The minimum atomic E-state index is -0.182.